The molecule has 0 saturated heterocycles. The second-order valence-electron chi connectivity index (χ2n) is 5.20. The third-order valence-electron chi connectivity index (χ3n) is 3.23. The highest BCUT2D eigenvalue weighted by molar-refractivity contribution is 5.89. The van der Waals surface area contributed by atoms with E-state index < -0.39 is 0 Å². The van der Waals surface area contributed by atoms with Crippen molar-refractivity contribution in [3.8, 4) is 0 Å². The number of hydrogen-bond acceptors (Lipinski definition) is 3. The number of anilines is 1. The van der Waals surface area contributed by atoms with Crippen molar-refractivity contribution in [2.24, 2.45) is 0 Å². The van der Waals surface area contributed by atoms with Gasteiger partial charge in [-0.3, -0.25) is 4.90 Å². The highest BCUT2D eigenvalue weighted by Crippen LogP contribution is 2.17. The Balaban J connectivity index is 1.90. The fraction of sp³-hybridized carbons (Fsp3) is 0.312. The lowest BCUT2D eigenvalue weighted by atomic mass is 10.2. The maximum absolute atomic E-state index is 11.9. The molecular formula is C16H21N3O2. The van der Waals surface area contributed by atoms with Gasteiger partial charge in [0.15, 0.2) is 0 Å². The fourth-order valence-corrected chi connectivity index (χ4v) is 2.11. The Morgan fingerprint density at radius 1 is 1.29 bits per heavy atom. The SMILES string of the molecule is Cc1cccc(NC(=O)NC[C@@H](c2ccco2)N(C)C)c1. The number of benzene rings is 1. The third-order valence-corrected chi connectivity index (χ3v) is 3.23. The number of hydrogen-bond donors (Lipinski definition) is 2. The smallest absolute Gasteiger partial charge is 0.319 e. The molecule has 1 aromatic carbocycles. The van der Waals surface area contributed by atoms with Crippen LogP contribution in [0.15, 0.2) is 47.1 Å². The summed E-state index contributed by atoms with van der Waals surface area (Å²) in [5.74, 6) is 0.829. The summed E-state index contributed by atoms with van der Waals surface area (Å²) in [6, 6.07) is 11.2. The van der Waals surface area contributed by atoms with Crippen LogP contribution >= 0.6 is 0 Å². The van der Waals surface area contributed by atoms with E-state index >= 15 is 0 Å². The molecule has 21 heavy (non-hydrogen) atoms. The van der Waals surface area contributed by atoms with E-state index in [2.05, 4.69) is 10.6 Å². The second kappa shape index (κ2) is 6.95. The highest BCUT2D eigenvalue weighted by Gasteiger charge is 2.17. The number of nitrogens with zero attached hydrogens (tertiary/aromatic N) is 1. The Morgan fingerprint density at radius 2 is 2.10 bits per heavy atom. The molecule has 112 valence electrons. The summed E-state index contributed by atoms with van der Waals surface area (Å²) >= 11 is 0. The summed E-state index contributed by atoms with van der Waals surface area (Å²) in [7, 11) is 3.90. The van der Waals surface area contributed by atoms with Crippen molar-refractivity contribution in [3.05, 3.63) is 54.0 Å². The van der Waals surface area contributed by atoms with Gasteiger partial charge < -0.3 is 15.1 Å². The minimum Gasteiger partial charge on any atom is -0.468 e. The first-order valence-corrected chi connectivity index (χ1v) is 6.87. The highest BCUT2D eigenvalue weighted by atomic mass is 16.3. The zero-order chi connectivity index (χ0) is 15.2. The van der Waals surface area contributed by atoms with Crippen LogP contribution in [0.2, 0.25) is 0 Å². The van der Waals surface area contributed by atoms with Crippen molar-refractivity contribution >= 4 is 11.7 Å². The number of rotatable bonds is 5. The predicted octanol–water partition coefficient (Wildman–Crippen LogP) is 3.01. The number of nitrogens with one attached hydrogen (secondary N) is 2. The first-order chi connectivity index (χ1) is 10.1. The molecule has 1 aromatic heterocycles. The average Bonchev–Trinajstić information content (AvgIpc) is 2.92. The lowest BCUT2D eigenvalue weighted by Crippen LogP contribution is -2.36. The van der Waals surface area contributed by atoms with E-state index in [-0.39, 0.29) is 12.1 Å². The van der Waals surface area contributed by atoms with Crippen LogP contribution in [0.1, 0.15) is 17.4 Å². The molecule has 0 bridgehead atoms. The Morgan fingerprint density at radius 3 is 2.71 bits per heavy atom. The van der Waals surface area contributed by atoms with E-state index in [1.54, 1.807) is 6.26 Å². The lowest BCUT2D eigenvalue weighted by molar-refractivity contribution is 0.233. The zero-order valence-electron chi connectivity index (χ0n) is 12.6. The molecule has 2 rings (SSSR count). The zero-order valence-corrected chi connectivity index (χ0v) is 12.6. The van der Waals surface area contributed by atoms with Gasteiger partial charge in [-0.2, -0.15) is 0 Å². The van der Waals surface area contributed by atoms with Crippen molar-refractivity contribution in [3.63, 3.8) is 0 Å². The van der Waals surface area contributed by atoms with Crippen LogP contribution in [-0.4, -0.2) is 31.6 Å². The first-order valence-electron chi connectivity index (χ1n) is 6.87. The molecule has 5 heteroatoms. The molecule has 0 saturated carbocycles. The van der Waals surface area contributed by atoms with Crippen LogP contribution in [0.4, 0.5) is 10.5 Å². The number of likely N-dealkylation sites (N-methyl/N-ethyl adjacent to an activating group) is 1. The van der Waals surface area contributed by atoms with Gasteiger partial charge in [0.25, 0.3) is 0 Å². The predicted molar refractivity (Wildman–Crippen MR) is 83.3 cm³/mol. The fourth-order valence-electron chi connectivity index (χ4n) is 2.11. The van der Waals surface area contributed by atoms with Crippen LogP contribution in [0.5, 0.6) is 0 Å². The van der Waals surface area contributed by atoms with E-state index in [1.807, 2.05) is 62.3 Å². The molecule has 2 amide bonds. The van der Waals surface area contributed by atoms with Crippen LogP contribution in [0.25, 0.3) is 0 Å². The van der Waals surface area contributed by atoms with E-state index in [4.69, 9.17) is 4.42 Å². The maximum atomic E-state index is 11.9. The molecule has 1 heterocycles. The molecule has 0 aliphatic heterocycles. The minimum absolute atomic E-state index is 0.00302. The molecule has 2 N–H and O–H groups in total. The van der Waals surface area contributed by atoms with E-state index in [1.165, 1.54) is 0 Å². The van der Waals surface area contributed by atoms with E-state index in [9.17, 15) is 4.79 Å². The van der Waals surface area contributed by atoms with Gasteiger partial charge in [-0.05, 0) is 50.8 Å². The standard InChI is InChI=1S/C16H21N3O2/c1-12-6-4-7-13(10-12)18-16(20)17-11-14(19(2)3)15-8-5-9-21-15/h4-10,14H,11H2,1-3H3,(H2,17,18,20)/t14-/m0/s1. The van der Waals surface area contributed by atoms with Crippen LogP contribution in [0.3, 0.4) is 0 Å². The van der Waals surface area contributed by atoms with Gasteiger partial charge >= 0.3 is 6.03 Å². The number of carbonyl (C=O) groups is 1. The largest absolute Gasteiger partial charge is 0.468 e. The van der Waals surface area contributed by atoms with Crippen molar-refractivity contribution in [2.45, 2.75) is 13.0 Å². The summed E-state index contributed by atoms with van der Waals surface area (Å²) in [6.45, 7) is 2.46. The normalized spacial score (nSPS) is 12.2. The number of furan rings is 1. The summed E-state index contributed by atoms with van der Waals surface area (Å²) < 4.78 is 5.41. The number of urea groups is 1. The molecule has 0 aliphatic rings. The van der Waals surface area contributed by atoms with Crippen molar-refractivity contribution in [2.75, 3.05) is 26.0 Å². The van der Waals surface area contributed by atoms with Crippen LogP contribution in [0, 0.1) is 6.92 Å². The van der Waals surface area contributed by atoms with Crippen molar-refractivity contribution in [1.29, 1.82) is 0 Å². The third kappa shape index (κ3) is 4.36. The molecule has 5 nitrogen and oxygen atoms in total. The molecular weight excluding hydrogens is 266 g/mol. The molecule has 1 atom stereocenters. The number of amides is 2. The Labute approximate surface area is 124 Å². The van der Waals surface area contributed by atoms with E-state index in [0.29, 0.717) is 6.54 Å². The van der Waals surface area contributed by atoms with Gasteiger partial charge in [0.1, 0.15) is 5.76 Å². The second-order valence-corrected chi connectivity index (χ2v) is 5.20. The quantitative estimate of drug-likeness (QED) is 0.888. The summed E-state index contributed by atoms with van der Waals surface area (Å²) in [5, 5.41) is 5.69. The van der Waals surface area contributed by atoms with Gasteiger partial charge in [-0.25, -0.2) is 4.79 Å². The minimum atomic E-state index is -0.223. The number of carbonyl (C=O) groups excluding carboxylic acids is 1. The first kappa shape index (κ1) is 15.1. The monoisotopic (exact) mass is 287 g/mol. The molecule has 0 radical (unpaired) electrons. The summed E-state index contributed by atoms with van der Waals surface area (Å²) in [4.78, 5) is 14.0. The molecule has 0 spiro atoms. The molecule has 2 aromatic rings. The Kier molecular flexibility index (Phi) is 5.00. The van der Waals surface area contributed by atoms with Gasteiger partial charge in [0.05, 0.1) is 12.3 Å². The number of aryl methyl sites for hydroxylation is 1. The Hall–Kier alpha value is -2.27. The topological polar surface area (TPSA) is 57.5 Å². The van der Waals surface area contributed by atoms with Crippen LogP contribution < -0.4 is 10.6 Å². The van der Waals surface area contributed by atoms with E-state index in [0.717, 1.165) is 17.0 Å². The van der Waals surface area contributed by atoms with Crippen molar-refractivity contribution in [1.82, 2.24) is 10.2 Å². The van der Waals surface area contributed by atoms with Gasteiger partial charge in [0, 0.05) is 12.2 Å². The summed E-state index contributed by atoms with van der Waals surface area (Å²) in [5.41, 5.74) is 1.89. The van der Waals surface area contributed by atoms with Crippen LogP contribution in [-0.2, 0) is 0 Å². The van der Waals surface area contributed by atoms with Gasteiger partial charge in [-0.1, -0.05) is 12.1 Å². The molecule has 0 unspecified atom stereocenters. The van der Waals surface area contributed by atoms with Gasteiger partial charge in [0.2, 0.25) is 0 Å². The lowest BCUT2D eigenvalue weighted by Gasteiger charge is -2.22. The van der Waals surface area contributed by atoms with Crippen molar-refractivity contribution < 1.29 is 9.21 Å². The molecule has 0 fully saturated rings. The maximum Gasteiger partial charge on any atom is 0.319 e. The van der Waals surface area contributed by atoms with Gasteiger partial charge in [-0.15, -0.1) is 0 Å². The summed E-state index contributed by atoms with van der Waals surface area (Å²) in [6.07, 6.45) is 1.64. The Bertz CT molecular complexity index is 579. The molecule has 0 aliphatic carbocycles. The average molecular weight is 287 g/mol.